The van der Waals surface area contributed by atoms with E-state index in [4.69, 9.17) is 18.9 Å². The molecule has 4 unspecified atom stereocenters. The average molecular weight is 1510 g/mol. The Balaban J connectivity index is 1.17. The molecule has 0 amide bonds. The van der Waals surface area contributed by atoms with Crippen LogP contribution in [-0.4, -0.2) is 37.5 Å². The van der Waals surface area contributed by atoms with Crippen LogP contribution in [0.1, 0.15) is 197 Å². The van der Waals surface area contributed by atoms with Crippen molar-refractivity contribution in [2.75, 3.05) is 0 Å². The molecule has 0 aliphatic carbocycles. The van der Waals surface area contributed by atoms with Crippen LogP contribution < -0.4 is 0 Å². The molecule has 0 radical (unpaired) electrons. The number of benzene rings is 12. The molecule has 0 aliphatic rings. The van der Waals surface area contributed by atoms with E-state index in [1.165, 1.54) is 0 Å². The number of hydrogen-bond donors (Lipinski definition) is 0. The van der Waals surface area contributed by atoms with Crippen molar-refractivity contribution in [2.45, 2.75) is 177 Å². The van der Waals surface area contributed by atoms with Crippen LogP contribution in [0.4, 0.5) is 0 Å². The van der Waals surface area contributed by atoms with Crippen molar-refractivity contribution in [2.24, 2.45) is 0 Å². The highest BCUT2D eigenvalue weighted by atomic mass is 27.2. The van der Waals surface area contributed by atoms with Crippen molar-refractivity contribution < 1.29 is 18.9 Å². The fourth-order valence-corrected chi connectivity index (χ4v) is 19.9. The summed E-state index contributed by atoms with van der Waals surface area (Å²) in [7, 11) is 0. The largest absolute Gasteiger partial charge is 0.354 e. The molecule has 0 spiro atoms. The molecule has 0 aromatic heterocycles. The lowest BCUT2D eigenvalue weighted by Crippen LogP contribution is -2.38. The minimum Gasteiger partial charge on any atom is -0.354 e. The summed E-state index contributed by atoms with van der Waals surface area (Å²) in [5.41, 5.74) is 8.81. The second-order valence-electron chi connectivity index (χ2n) is 30.4. The van der Waals surface area contributed by atoms with Gasteiger partial charge in [-0.25, -0.2) is 0 Å². The molecular formula is C108H116AlO4-. The summed E-state index contributed by atoms with van der Waals surface area (Å²) in [4.78, 5) is 10.5. The van der Waals surface area contributed by atoms with Crippen LogP contribution >= 0.6 is 0 Å². The highest BCUT2D eigenvalue weighted by molar-refractivity contribution is 6.97. The normalized spacial score (nSPS) is 14.0. The van der Waals surface area contributed by atoms with E-state index in [1.807, 2.05) is 0 Å². The van der Waals surface area contributed by atoms with Crippen molar-refractivity contribution in [1.82, 2.24) is 0 Å². The van der Waals surface area contributed by atoms with Crippen LogP contribution in [0.25, 0.3) is 0 Å². The van der Waals surface area contributed by atoms with Gasteiger partial charge in [-0.05, 0) is 92.4 Å². The molecule has 0 N–H and O–H groups in total. The van der Waals surface area contributed by atoms with Crippen molar-refractivity contribution in [3.8, 4) is 0 Å². The van der Waals surface area contributed by atoms with Gasteiger partial charge in [0.05, 0.1) is 24.4 Å². The molecule has 12 aromatic rings. The summed E-state index contributed by atoms with van der Waals surface area (Å²) in [5.74, 6) is 0. The highest BCUT2D eigenvalue weighted by Crippen LogP contribution is 2.48. The fourth-order valence-electron chi connectivity index (χ4n) is 16.6. The molecule has 0 saturated carbocycles. The van der Waals surface area contributed by atoms with E-state index >= 15 is 0 Å². The summed E-state index contributed by atoms with van der Waals surface area (Å²) in [5, 5.41) is 0. The first-order chi connectivity index (χ1) is 55.8. The summed E-state index contributed by atoms with van der Waals surface area (Å²) >= 11 is -4.03. The average Bonchev–Trinajstić information content (AvgIpc) is 0.772. The molecule has 4 atom stereocenters. The molecule has 5 heteroatoms. The second-order valence-corrected chi connectivity index (χ2v) is 34.3. The van der Waals surface area contributed by atoms with Gasteiger partial charge < -0.3 is 18.9 Å². The zero-order valence-electron chi connectivity index (χ0n) is 67.1. The van der Waals surface area contributed by atoms with Crippen molar-refractivity contribution in [1.29, 1.82) is 0 Å². The Morgan fingerprint density at radius 1 is 0.195 bits per heavy atom. The molecule has 0 fully saturated rings. The minimum atomic E-state index is -4.03. The van der Waals surface area contributed by atoms with Gasteiger partial charge in [0.2, 0.25) is 13.1 Å². The Morgan fingerprint density at radius 2 is 0.319 bits per heavy atom. The zero-order valence-corrected chi connectivity index (χ0v) is 68.2. The van der Waals surface area contributed by atoms with Crippen LogP contribution in [0.5, 0.6) is 0 Å². The molecule has 0 aliphatic heterocycles. The second kappa shape index (κ2) is 42.7. The van der Waals surface area contributed by atoms with Gasteiger partial charge in [-0.3, -0.25) is 19.8 Å². The third-order valence-corrected chi connectivity index (χ3v) is 26.0. The maximum Gasteiger partial charge on any atom is 0.237 e. The Hall–Kier alpha value is -10.0. The third-order valence-electron chi connectivity index (χ3n) is 22.5. The maximum absolute atomic E-state index is 8.34. The van der Waals surface area contributed by atoms with E-state index in [1.54, 1.807) is 0 Å². The summed E-state index contributed by atoms with van der Waals surface area (Å²) in [6.07, 6.45) is 23.9. The smallest absolute Gasteiger partial charge is 0.237 e. The topological polar surface area (TPSA) is 36.9 Å². The van der Waals surface area contributed by atoms with E-state index in [-0.39, 0.29) is 24.4 Å². The van der Waals surface area contributed by atoms with E-state index in [0.717, 1.165) is 169 Å². The Kier molecular flexibility index (Phi) is 31.2. The molecule has 0 heterocycles. The molecule has 12 rings (SSSR count). The van der Waals surface area contributed by atoms with Gasteiger partial charge in [-0.1, -0.05) is 469 Å². The number of unbranched alkanes of at least 4 members (excludes halogenated alkanes) is 8. The molecule has 12 aromatic carbocycles. The molecule has 0 bridgehead atoms. The maximum atomic E-state index is 8.34. The van der Waals surface area contributed by atoms with E-state index in [9.17, 15) is 0 Å². The van der Waals surface area contributed by atoms with Crippen LogP contribution in [-0.2, 0) is 41.4 Å². The number of ether oxygens (including phenoxy) is 4. The highest BCUT2D eigenvalue weighted by Gasteiger charge is 2.44. The summed E-state index contributed by atoms with van der Waals surface area (Å²) in [6.45, 7) is 9.21. The predicted octanol–water partition coefficient (Wildman–Crippen LogP) is 27.6. The van der Waals surface area contributed by atoms with Crippen LogP contribution in [0.2, 0.25) is 0 Å². The molecular weight excluding hydrogens is 1390 g/mol. The SMILES string of the molecule is CCCCCC(/C=[CH]/[Al-](/[CH]=C/C(CCCCC)OC(c1ccccc1)(c1ccccc1)c1ccccc1)(/[CH]=C/C(CCCCC)OC(c1ccccc1)(c1ccccc1)c1ccccc1)/[CH]=C/C(CCCCC)OC(c1ccccc1)(c1ccccc1)c1ccccc1)OC(c1ccccc1)(c1ccccc1)c1ccccc1. The Labute approximate surface area is 679 Å². The van der Waals surface area contributed by atoms with Crippen LogP contribution in [0, 0.1) is 0 Å². The molecule has 113 heavy (non-hydrogen) atoms. The lowest BCUT2D eigenvalue weighted by Gasteiger charge is -2.40. The summed E-state index contributed by atoms with van der Waals surface area (Å²) in [6, 6.07) is 131. The Bertz CT molecular complexity index is 3730. The fraction of sp³-hybridized carbons (Fsp3) is 0.259. The van der Waals surface area contributed by atoms with Gasteiger partial charge in [0, 0.05) is 0 Å². The van der Waals surface area contributed by atoms with E-state index in [2.05, 4.69) is 436 Å². The quantitative estimate of drug-likeness (QED) is 0.0217. The van der Waals surface area contributed by atoms with Gasteiger partial charge in [0.1, 0.15) is 22.4 Å². The summed E-state index contributed by atoms with van der Waals surface area (Å²) < 4.78 is 33.4. The van der Waals surface area contributed by atoms with Gasteiger partial charge in [0.15, 0.2) is 0 Å². The molecule has 4 nitrogen and oxygen atoms in total. The molecule has 0 saturated heterocycles. The van der Waals surface area contributed by atoms with Gasteiger partial charge in [-0.2, -0.15) is 0 Å². The monoisotopic (exact) mass is 1500 g/mol. The number of rotatable bonds is 44. The minimum absolute atomic E-state index is 0.382. The molecule has 576 valence electrons. The van der Waals surface area contributed by atoms with Crippen molar-refractivity contribution >= 4 is 13.1 Å². The third kappa shape index (κ3) is 20.7. The lowest BCUT2D eigenvalue weighted by atomic mass is 9.79. The van der Waals surface area contributed by atoms with Gasteiger partial charge in [0.25, 0.3) is 0 Å². The van der Waals surface area contributed by atoms with E-state index < -0.39 is 35.5 Å². The van der Waals surface area contributed by atoms with E-state index in [0.29, 0.717) is 0 Å². The Morgan fingerprint density at radius 3 is 0.434 bits per heavy atom. The first kappa shape index (κ1) is 82.4. The number of hydrogen-bond acceptors (Lipinski definition) is 4. The van der Waals surface area contributed by atoms with Gasteiger partial charge in [-0.15, -0.1) is 24.3 Å². The predicted molar refractivity (Wildman–Crippen MR) is 475 cm³/mol. The van der Waals surface area contributed by atoms with Crippen molar-refractivity contribution in [3.63, 3.8) is 0 Å². The van der Waals surface area contributed by atoms with Crippen LogP contribution in [0.15, 0.2) is 408 Å². The first-order valence-corrected chi connectivity index (χ1v) is 44.8. The zero-order chi connectivity index (χ0) is 78.0. The van der Waals surface area contributed by atoms with Crippen LogP contribution in [0.3, 0.4) is 0 Å². The van der Waals surface area contributed by atoms with Crippen molar-refractivity contribution in [3.05, 3.63) is 475 Å². The van der Waals surface area contributed by atoms with Gasteiger partial charge >= 0.3 is 0 Å². The standard InChI is InChI=1S/4C27H29O.Al/c4*1-3-5-9-22-26(4-2)28-27(23-16-10-6-11-17-23,24-18-12-7-13-19-24)25-20-14-8-15-21-25;/h4*2,4,6-8,10-21,26H,3,5,9,22H2,1H3;/q;;;;-1. The lowest BCUT2D eigenvalue weighted by molar-refractivity contribution is -0.0286. The first-order valence-electron chi connectivity index (χ1n) is 42.1.